The summed E-state index contributed by atoms with van der Waals surface area (Å²) in [4.78, 5) is 15.3. The third-order valence-electron chi connectivity index (χ3n) is 0.517. The lowest BCUT2D eigenvalue weighted by molar-refractivity contribution is 0.329. The molecule has 76 valence electrons. The van der Waals surface area contributed by atoms with Crippen LogP contribution in [0.3, 0.4) is 0 Å². The van der Waals surface area contributed by atoms with E-state index in [1.165, 1.54) is 12.2 Å². The third-order valence-corrected chi connectivity index (χ3v) is 1.63. The molecular weight excluding hydrogens is 222 g/mol. The molecule has 0 rings (SSSR count). The smallest absolute Gasteiger partial charge is 0.392 e. The maximum Gasteiger partial charge on any atom is 0.745 e. The van der Waals surface area contributed by atoms with Crippen LogP contribution in [-0.4, -0.2) is 33.2 Å². The van der Waals surface area contributed by atoms with E-state index in [2.05, 4.69) is 4.31 Å². The first kappa shape index (κ1) is 15.2. The number of aliphatic hydroxyl groups is 2. The van der Waals surface area contributed by atoms with Gasteiger partial charge in [-0.15, -0.1) is 9.79 Å². The molecule has 13 heavy (non-hydrogen) atoms. The van der Waals surface area contributed by atoms with Crippen molar-refractivity contribution in [2.24, 2.45) is 0 Å². The monoisotopic (exact) mass is 232 g/mol. The Balaban J connectivity index is 0. The minimum atomic E-state index is -2.92. The van der Waals surface area contributed by atoms with Crippen LogP contribution in [0, 0.1) is 0 Å². The van der Waals surface area contributed by atoms with E-state index in [-0.39, 0.29) is 13.2 Å². The van der Waals surface area contributed by atoms with Gasteiger partial charge in [0, 0.05) is 9.13 Å². The Morgan fingerprint density at radius 1 is 1.00 bits per heavy atom. The minimum Gasteiger partial charge on any atom is -0.392 e. The molecule has 7 nitrogen and oxygen atoms in total. The second-order valence-electron chi connectivity index (χ2n) is 1.39. The van der Waals surface area contributed by atoms with Crippen LogP contribution in [0.25, 0.3) is 0 Å². The number of hydrogen-bond acceptors (Lipinski definition) is 5. The maximum absolute atomic E-state index is 9.39. The first-order valence-corrected chi connectivity index (χ1v) is 5.17. The Morgan fingerprint density at radius 2 is 1.31 bits per heavy atom. The molecule has 0 fully saturated rings. The second kappa shape index (κ2) is 11.7. The fourth-order valence-corrected chi connectivity index (χ4v) is 0.687. The van der Waals surface area contributed by atoms with Crippen molar-refractivity contribution < 1.29 is 33.4 Å². The SMILES string of the molecule is O=[P+](O)O[P+](=O)O.OCC=CCO. The third kappa shape index (κ3) is 24.5. The van der Waals surface area contributed by atoms with Crippen molar-refractivity contribution in [1.29, 1.82) is 0 Å². The first-order valence-electron chi connectivity index (χ1n) is 2.91. The van der Waals surface area contributed by atoms with Crippen molar-refractivity contribution in [1.82, 2.24) is 0 Å². The van der Waals surface area contributed by atoms with Crippen molar-refractivity contribution in [2.75, 3.05) is 13.2 Å². The highest BCUT2D eigenvalue weighted by Gasteiger charge is 2.31. The summed E-state index contributed by atoms with van der Waals surface area (Å²) in [7, 11) is -5.85. The van der Waals surface area contributed by atoms with Gasteiger partial charge in [-0.25, -0.2) is 0 Å². The molecular formula is C4H10O7P2+2. The van der Waals surface area contributed by atoms with Gasteiger partial charge in [-0.3, -0.25) is 0 Å². The zero-order valence-corrected chi connectivity index (χ0v) is 8.27. The predicted molar refractivity (Wildman–Crippen MR) is 44.0 cm³/mol. The number of hydrogen-bond donors (Lipinski definition) is 4. The summed E-state index contributed by atoms with van der Waals surface area (Å²) in [6.07, 6.45) is 2.97. The summed E-state index contributed by atoms with van der Waals surface area (Å²) in [6, 6.07) is 0. The predicted octanol–water partition coefficient (Wildman–Crippen LogP) is -0.170. The second-order valence-corrected chi connectivity index (χ2v) is 3.00. The normalized spacial score (nSPS) is 12.0. The molecule has 0 aliphatic heterocycles. The van der Waals surface area contributed by atoms with Gasteiger partial charge in [0.2, 0.25) is 0 Å². The van der Waals surface area contributed by atoms with Crippen molar-refractivity contribution in [3.05, 3.63) is 12.2 Å². The molecule has 2 atom stereocenters. The van der Waals surface area contributed by atoms with Crippen LogP contribution in [0.1, 0.15) is 0 Å². The van der Waals surface area contributed by atoms with E-state index in [1.807, 2.05) is 0 Å². The average molecular weight is 232 g/mol. The maximum atomic E-state index is 9.39. The van der Waals surface area contributed by atoms with Crippen molar-refractivity contribution in [2.45, 2.75) is 0 Å². The van der Waals surface area contributed by atoms with Gasteiger partial charge in [0.1, 0.15) is 0 Å². The Labute approximate surface area is 76.2 Å². The van der Waals surface area contributed by atoms with Crippen LogP contribution in [0.5, 0.6) is 0 Å². The lowest BCUT2D eigenvalue weighted by Gasteiger charge is -1.73. The van der Waals surface area contributed by atoms with Crippen LogP contribution < -0.4 is 0 Å². The van der Waals surface area contributed by atoms with Gasteiger partial charge < -0.3 is 10.2 Å². The summed E-state index contributed by atoms with van der Waals surface area (Å²) in [5.41, 5.74) is 0. The summed E-state index contributed by atoms with van der Waals surface area (Å²) in [5.74, 6) is 0. The molecule has 0 aliphatic rings. The summed E-state index contributed by atoms with van der Waals surface area (Å²) >= 11 is 0. The molecule has 0 amide bonds. The number of rotatable bonds is 4. The molecule has 0 heterocycles. The van der Waals surface area contributed by atoms with Gasteiger partial charge in [-0.05, 0) is 0 Å². The van der Waals surface area contributed by atoms with Gasteiger partial charge in [0.25, 0.3) is 0 Å². The van der Waals surface area contributed by atoms with Crippen LogP contribution in [-0.2, 0) is 13.4 Å². The highest BCUT2D eigenvalue weighted by Crippen LogP contribution is 2.30. The van der Waals surface area contributed by atoms with E-state index in [9.17, 15) is 9.13 Å². The largest absolute Gasteiger partial charge is 0.745 e. The molecule has 0 spiro atoms. The van der Waals surface area contributed by atoms with Crippen LogP contribution in [0.15, 0.2) is 12.2 Å². The van der Waals surface area contributed by atoms with Gasteiger partial charge in [-0.2, -0.15) is 0 Å². The van der Waals surface area contributed by atoms with Crippen LogP contribution in [0.4, 0.5) is 0 Å². The average Bonchev–Trinajstić information content (AvgIpc) is 1.99. The van der Waals surface area contributed by atoms with Crippen LogP contribution in [0.2, 0.25) is 0 Å². The number of aliphatic hydroxyl groups excluding tert-OH is 2. The molecule has 0 aromatic rings. The zero-order chi connectivity index (χ0) is 10.7. The zero-order valence-electron chi connectivity index (χ0n) is 6.48. The lowest BCUT2D eigenvalue weighted by atomic mass is 10.5. The highest BCUT2D eigenvalue weighted by molar-refractivity contribution is 7.46. The summed E-state index contributed by atoms with van der Waals surface area (Å²) in [5, 5.41) is 16.0. The summed E-state index contributed by atoms with van der Waals surface area (Å²) in [6.45, 7) is 0.0289. The van der Waals surface area contributed by atoms with Crippen LogP contribution >= 0.6 is 16.5 Å². The van der Waals surface area contributed by atoms with E-state index < -0.39 is 16.5 Å². The van der Waals surface area contributed by atoms with Gasteiger partial charge in [-0.1, -0.05) is 12.2 Å². The van der Waals surface area contributed by atoms with E-state index in [4.69, 9.17) is 20.0 Å². The fraction of sp³-hybridized carbons (Fsp3) is 0.500. The molecule has 0 aromatic carbocycles. The van der Waals surface area contributed by atoms with E-state index in [1.54, 1.807) is 0 Å². The Morgan fingerprint density at radius 3 is 1.38 bits per heavy atom. The fourth-order valence-electron chi connectivity index (χ4n) is 0.209. The highest BCUT2D eigenvalue weighted by atomic mass is 31.2. The van der Waals surface area contributed by atoms with Gasteiger partial charge >= 0.3 is 16.5 Å². The molecule has 0 saturated heterocycles. The molecule has 2 unspecified atom stereocenters. The molecule has 0 saturated carbocycles. The lowest BCUT2D eigenvalue weighted by Crippen LogP contribution is -1.74. The van der Waals surface area contributed by atoms with Crippen molar-refractivity contribution in [3.63, 3.8) is 0 Å². The standard InChI is InChI=1S/C4H8O2.O5P2/c5-3-1-2-4-6;1-6(2)5-7(3)4/h1-2,5-6H,3-4H2;/p+2. The molecule has 0 radical (unpaired) electrons. The Bertz CT molecular complexity index is 161. The molecule has 0 aliphatic carbocycles. The Kier molecular flexibility index (Phi) is 13.7. The van der Waals surface area contributed by atoms with Gasteiger partial charge in [0.15, 0.2) is 4.31 Å². The molecule has 0 bridgehead atoms. The molecule has 9 heteroatoms. The van der Waals surface area contributed by atoms with Crippen molar-refractivity contribution >= 4 is 16.5 Å². The quantitative estimate of drug-likeness (QED) is 0.391. The molecule has 0 aromatic heterocycles. The minimum absolute atomic E-state index is 0.0144. The van der Waals surface area contributed by atoms with E-state index in [0.29, 0.717) is 0 Å². The first-order chi connectivity index (χ1) is 6.04. The van der Waals surface area contributed by atoms with E-state index in [0.717, 1.165) is 0 Å². The Hall–Kier alpha value is -0.260. The summed E-state index contributed by atoms with van der Waals surface area (Å²) < 4.78 is 22.2. The van der Waals surface area contributed by atoms with Crippen molar-refractivity contribution in [3.8, 4) is 0 Å². The van der Waals surface area contributed by atoms with E-state index >= 15 is 0 Å². The van der Waals surface area contributed by atoms with Gasteiger partial charge in [0.05, 0.1) is 13.2 Å². The topological polar surface area (TPSA) is 124 Å². The molecule has 4 N–H and O–H groups in total.